The van der Waals surface area contributed by atoms with Crippen molar-refractivity contribution in [3.63, 3.8) is 0 Å². The lowest BCUT2D eigenvalue weighted by Crippen LogP contribution is -2.09. The summed E-state index contributed by atoms with van der Waals surface area (Å²) in [6.07, 6.45) is 0. The van der Waals surface area contributed by atoms with Gasteiger partial charge in [0, 0.05) is 53.7 Å². The standard InChI is InChI=1S/C66H42N2S/c1-3-14-43(15-4-1)44-26-32-49(33-27-44)67(48-16-5-2-6-17-48)50-34-28-45(29-35-50)46-30-38-63-61(40-46)62-41-47(52-23-13-24-59-58-22-11-12-25-65(58)69-66(52)59)31-39-64(62)68(63)51-36-37-57-55-20-8-7-18-53(55)54-19-9-10-21-56(54)60(57)42-51/h1-42H. The summed E-state index contributed by atoms with van der Waals surface area (Å²) in [6.45, 7) is 0. The molecule has 322 valence electrons. The van der Waals surface area contributed by atoms with Gasteiger partial charge in [0.2, 0.25) is 0 Å². The third kappa shape index (κ3) is 6.47. The number of anilines is 3. The molecule has 0 saturated carbocycles. The Morgan fingerprint density at radius 1 is 0.275 bits per heavy atom. The van der Waals surface area contributed by atoms with Crippen molar-refractivity contribution < 1.29 is 0 Å². The van der Waals surface area contributed by atoms with Crippen molar-refractivity contribution in [2.24, 2.45) is 0 Å². The summed E-state index contributed by atoms with van der Waals surface area (Å²) in [5.41, 5.74) is 14.1. The predicted molar refractivity (Wildman–Crippen MR) is 297 cm³/mol. The SMILES string of the molecule is c1ccc(-c2ccc(N(c3ccccc3)c3ccc(-c4ccc5c(c4)c4cc(-c6cccc7c6sc6ccccc67)ccc4n5-c4ccc5c6ccccc6c6ccccc6c5c4)cc3)cc2)cc1. The molecule has 0 bridgehead atoms. The fourth-order valence-corrected chi connectivity index (χ4v) is 12.2. The molecule has 12 aromatic carbocycles. The van der Waals surface area contributed by atoms with E-state index in [0.29, 0.717) is 0 Å². The average Bonchev–Trinajstić information content (AvgIpc) is 3.97. The van der Waals surface area contributed by atoms with E-state index in [1.54, 1.807) is 0 Å². The first-order valence-electron chi connectivity index (χ1n) is 23.7. The zero-order chi connectivity index (χ0) is 45.4. The molecule has 2 heterocycles. The zero-order valence-corrected chi connectivity index (χ0v) is 38.4. The van der Waals surface area contributed by atoms with Gasteiger partial charge in [-0.3, -0.25) is 0 Å². The number of hydrogen-bond acceptors (Lipinski definition) is 2. The number of para-hydroxylation sites is 1. The van der Waals surface area contributed by atoms with Crippen molar-refractivity contribution in [3.8, 4) is 39.1 Å². The highest BCUT2D eigenvalue weighted by Crippen LogP contribution is 2.44. The van der Waals surface area contributed by atoms with E-state index < -0.39 is 0 Å². The van der Waals surface area contributed by atoms with Crippen molar-refractivity contribution in [2.75, 3.05) is 4.90 Å². The molecule has 0 spiro atoms. The second-order valence-corrected chi connectivity index (χ2v) is 19.1. The van der Waals surface area contributed by atoms with Crippen LogP contribution in [0.15, 0.2) is 255 Å². The largest absolute Gasteiger partial charge is 0.311 e. The second-order valence-electron chi connectivity index (χ2n) is 18.0. The van der Waals surface area contributed by atoms with Gasteiger partial charge in [0.15, 0.2) is 0 Å². The van der Waals surface area contributed by atoms with E-state index in [1.807, 2.05) is 11.3 Å². The van der Waals surface area contributed by atoms with Crippen LogP contribution in [0, 0.1) is 0 Å². The van der Waals surface area contributed by atoms with E-state index in [-0.39, 0.29) is 0 Å². The molecule has 0 aliphatic heterocycles. The van der Waals surface area contributed by atoms with Crippen LogP contribution in [0.5, 0.6) is 0 Å². The van der Waals surface area contributed by atoms with Crippen LogP contribution in [0.2, 0.25) is 0 Å². The highest BCUT2D eigenvalue weighted by molar-refractivity contribution is 7.26. The van der Waals surface area contributed by atoms with Crippen molar-refractivity contribution >= 4 is 103 Å². The molecule has 14 rings (SSSR count). The van der Waals surface area contributed by atoms with Crippen LogP contribution < -0.4 is 4.90 Å². The Morgan fingerprint density at radius 2 is 0.739 bits per heavy atom. The van der Waals surface area contributed by atoms with Crippen LogP contribution >= 0.6 is 11.3 Å². The molecule has 69 heavy (non-hydrogen) atoms. The zero-order valence-electron chi connectivity index (χ0n) is 37.6. The monoisotopic (exact) mass is 894 g/mol. The summed E-state index contributed by atoms with van der Waals surface area (Å²) in [7, 11) is 0. The highest BCUT2D eigenvalue weighted by atomic mass is 32.1. The molecule has 0 unspecified atom stereocenters. The van der Waals surface area contributed by atoms with Crippen molar-refractivity contribution in [1.82, 2.24) is 4.57 Å². The molecular formula is C66H42N2S. The Hall–Kier alpha value is -8.76. The smallest absolute Gasteiger partial charge is 0.0541 e. The first kappa shape index (κ1) is 39.4. The van der Waals surface area contributed by atoms with Crippen molar-refractivity contribution in [2.45, 2.75) is 0 Å². The quantitative estimate of drug-likeness (QED) is 0.145. The molecule has 0 aliphatic carbocycles. The fraction of sp³-hybridized carbons (Fsp3) is 0. The number of nitrogens with zero attached hydrogens (tertiary/aromatic N) is 2. The predicted octanol–water partition coefficient (Wildman–Crippen LogP) is 19.1. The maximum absolute atomic E-state index is 2.48. The molecule has 0 aliphatic rings. The Labute approximate surface area is 403 Å². The maximum Gasteiger partial charge on any atom is 0.0541 e. The maximum atomic E-state index is 2.48. The van der Waals surface area contributed by atoms with Crippen LogP contribution in [-0.4, -0.2) is 4.57 Å². The number of benzene rings is 12. The molecule has 0 saturated heterocycles. The number of rotatable bonds is 7. The van der Waals surface area contributed by atoms with Crippen LogP contribution in [-0.2, 0) is 0 Å². The van der Waals surface area contributed by atoms with Crippen LogP contribution in [0.3, 0.4) is 0 Å². The molecule has 3 heteroatoms. The van der Waals surface area contributed by atoms with Crippen LogP contribution in [0.25, 0.3) is 113 Å². The lowest BCUT2D eigenvalue weighted by atomic mass is 9.94. The topological polar surface area (TPSA) is 8.17 Å². The van der Waals surface area contributed by atoms with E-state index in [9.17, 15) is 0 Å². The average molecular weight is 895 g/mol. The number of aromatic nitrogens is 1. The Bertz CT molecular complexity index is 4240. The normalized spacial score (nSPS) is 11.8. The van der Waals surface area contributed by atoms with E-state index in [2.05, 4.69) is 264 Å². The van der Waals surface area contributed by atoms with E-state index in [0.717, 1.165) is 22.7 Å². The molecule has 0 atom stereocenters. The fourth-order valence-electron chi connectivity index (χ4n) is 10.9. The lowest BCUT2D eigenvalue weighted by molar-refractivity contribution is 1.19. The Kier molecular flexibility index (Phi) is 9.11. The molecule has 0 radical (unpaired) electrons. The first-order chi connectivity index (χ1) is 34.2. The molecule has 0 fully saturated rings. The van der Waals surface area contributed by atoms with Gasteiger partial charge >= 0.3 is 0 Å². The first-order valence-corrected chi connectivity index (χ1v) is 24.5. The molecule has 0 amide bonds. The summed E-state index contributed by atoms with van der Waals surface area (Å²) in [4.78, 5) is 2.34. The summed E-state index contributed by atoms with van der Waals surface area (Å²) >= 11 is 1.89. The van der Waals surface area contributed by atoms with E-state index >= 15 is 0 Å². The van der Waals surface area contributed by atoms with Gasteiger partial charge in [-0.25, -0.2) is 0 Å². The van der Waals surface area contributed by atoms with E-state index in [1.165, 1.54) is 108 Å². The van der Waals surface area contributed by atoms with Gasteiger partial charge in [-0.05, 0) is 145 Å². The molecular weight excluding hydrogens is 853 g/mol. The second kappa shape index (κ2) is 16.0. The highest BCUT2D eigenvalue weighted by Gasteiger charge is 2.19. The van der Waals surface area contributed by atoms with Gasteiger partial charge < -0.3 is 9.47 Å². The molecule has 14 aromatic rings. The van der Waals surface area contributed by atoms with Gasteiger partial charge in [-0.1, -0.05) is 176 Å². The number of fused-ring (bicyclic) bond motifs is 12. The summed E-state index contributed by atoms with van der Waals surface area (Å²) in [5, 5.41) is 12.7. The van der Waals surface area contributed by atoms with Gasteiger partial charge in [-0.15, -0.1) is 11.3 Å². The molecule has 0 N–H and O–H groups in total. The molecule has 2 nitrogen and oxygen atoms in total. The minimum absolute atomic E-state index is 1.10. The van der Waals surface area contributed by atoms with Crippen molar-refractivity contribution in [3.05, 3.63) is 255 Å². The number of thiophene rings is 1. The minimum Gasteiger partial charge on any atom is -0.311 e. The summed E-state index contributed by atoms with van der Waals surface area (Å²) in [6, 6.07) is 93.6. The number of hydrogen-bond donors (Lipinski definition) is 0. The van der Waals surface area contributed by atoms with E-state index in [4.69, 9.17) is 0 Å². The van der Waals surface area contributed by atoms with Crippen LogP contribution in [0.1, 0.15) is 0 Å². The van der Waals surface area contributed by atoms with Gasteiger partial charge in [0.1, 0.15) is 0 Å². The molecule has 2 aromatic heterocycles. The third-order valence-corrected chi connectivity index (χ3v) is 15.4. The van der Waals surface area contributed by atoms with Crippen molar-refractivity contribution in [1.29, 1.82) is 0 Å². The third-order valence-electron chi connectivity index (χ3n) is 14.2. The van der Waals surface area contributed by atoms with Crippen LogP contribution in [0.4, 0.5) is 17.1 Å². The van der Waals surface area contributed by atoms with Gasteiger partial charge in [0.25, 0.3) is 0 Å². The summed E-state index contributed by atoms with van der Waals surface area (Å²) < 4.78 is 5.12. The van der Waals surface area contributed by atoms with Gasteiger partial charge in [-0.2, -0.15) is 0 Å². The lowest BCUT2D eigenvalue weighted by Gasteiger charge is -2.26. The Morgan fingerprint density at radius 3 is 1.39 bits per heavy atom. The Balaban J connectivity index is 0.930. The van der Waals surface area contributed by atoms with Gasteiger partial charge in [0.05, 0.1) is 11.0 Å². The minimum atomic E-state index is 1.10. The summed E-state index contributed by atoms with van der Waals surface area (Å²) in [5.74, 6) is 0.